The topological polar surface area (TPSA) is 82.3 Å². The molecule has 1 unspecified atom stereocenters. The van der Waals surface area contributed by atoms with Crippen LogP contribution in [-0.2, 0) is 16.1 Å². The largest absolute Gasteiger partial charge is 0.340 e. The molecule has 1 saturated heterocycles. The molecular weight excluding hydrogens is 290 g/mol. The molecule has 0 bridgehead atoms. The van der Waals surface area contributed by atoms with Gasteiger partial charge in [0, 0.05) is 11.1 Å². The van der Waals surface area contributed by atoms with Crippen LogP contribution in [0.1, 0.15) is 45.7 Å². The maximum absolute atomic E-state index is 12.9. The summed E-state index contributed by atoms with van der Waals surface area (Å²) in [4.78, 5) is 40.6. The van der Waals surface area contributed by atoms with Crippen LogP contribution in [0.3, 0.4) is 0 Å². The lowest BCUT2D eigenvalue weighted by atomic mass is 9.86. The first kappa shape index (κ1) is 15.8. The Hall–Kier alpha value is -1.63. The van der Waals surface area contributed by atoms with Gasteiger partial charge >= 0.3 is 4.87 Å². The number of aromatic nitrogens is 1. The summed E-state index contributed by atoms with van der Waals surface area (Å²) in [6.45, 7) is 5.95. The van der Waals surface area contributed by atoms with E-state index in [-0.39, 0.29) is 23.2 Å². The van der Waals surface area contributed by atoms with E-state index in [2.05, 4.69) is 10.3 Å². The molecule has 2 rings (SSSR count). The SMILES string of the molecule is CCC1C(=O)NC(CC)(CC)C(=O)N1Cc1csc(=O)[nH]1. The van der Waals surface area contributed by atoms with Crippen molar-refractivity contribution in [3.05, 3.63) is 20.7 Å². The number of rotatable bonds is 5. The summed E-state index contributed by atoms with van der Waals surface area (Å²) in [7, 11) is 0. The average Bonchev–Trinajstić information content (AvgIpc) is 2.88. The number of piperazine rings is 1. The number of aromatic amines is 1. The van der Waals surface area contributed by atoms with Crippen LogP contribution in [0.5, 0.6) is 0 Å². The van der Waals surface area contributed by atoms with E-state index in [1.54, 1.807) is 10.3 Å². The molecule has 2 N–H and O–H groups in total. The lowest BCUT2D eigenvalue weighted by Crippen LogP contribution is -2.69. The second kappa shape index (κ2) is 6.01. The highest BCUT2D eigenvalue weighted by Gasteiger charge is 2.48. The Labute approximate surface area is 127 Å². The summed E-state index contributed by atoms with van der Waals surface area (Å²) in [6, 6.07) is -0.480. The summed E-state index contributed by atoms with van der Waals surface area (Å²) < 4.78 is 0. The Morgan fingerprint density at radius 1 is 1.24 bits per heavy atom. The van der Waals surface area contributed by atoms with Crippen LogP contribution in [0.25, 0.3) is 0 Å². The number of thiazole rings is 1. The van der Waals surface area contributed by atoms with Gasteiger partial charge in [0.25, 0.3) is 0 Å². The van der Waals surface area contributed by atoms with Crippen LogP contribution < -0.4 is 10.2 Å². The highest BCUT2D eigenvalue weighted by molar-refractivity contribution is 7.07. The minimum absolute atomic E-state index is 0.0639. The molecule has 1 fully saturated rings. The maximum Gasteiger partial charge on any atom is 0.304 e. The molecule has 1 aromatic rings. The van der Waals surface area contributed by atoms with Gasteiger partial charge in [-0.15, -0.1) is 0 Å². The molecule has 1 atom stereocenters. The van der Waals surface area contributed by atoms with Gasteiger partial charge in [-0.3, -0.25) is 14.4 Å². The average molecular weight is 311 g/mol. The molecular formula is C14H21N3O3S. The van der Waals surface area contributed by atoms with E-state index in [4.69, 9.17) is 0 Å². The van der Waals surface area contributed by atoms with Gasteiger partial charge in [0.15, 0.2) is 0 Å². The number of hydrogen-bond donors (Lipinski definition) is 2. The van der Waals surface area contributed by atoms with Crippen molar-refractivity contribution in [2.75, 3.05) is 0 Å². The fourth-order valence-corrected chi connectivity index (χ4v) is 3.40. The molecule has 116 valence electrons. The quantitative estimate of drug-likeness (QED) is 0.858. The summed E-state index contributed by atoms with van der Waals surface area (Å²) >= 11 is 1.07. The Balaban J connectivity index is 2.34. The predicted octanol–water partition coefficient (Wildman–Crippen LogP) is 1.23. The molecule has 0 spiro atoms. The second-order valence-corrected chi connectivity index (χ2v) is 6.15. The zero-order chi connectivity index (χ0) is 15.6. The maximum atomic E-state index is 12.9. The van der Waals surface area contributed by atoms with E-state index in [1.807, 2.05) is 20.8 Å². The molecule has 1 aliphatic rings. The fraction of sp³-hybridized carbons (Fsp3) is 0.643. The van der Waals surface area contributed by atoms with E-state index in [1.165, 1.54) is 0 Å². The third kappa shape index (κ3) is 2.74. The van der Waals surface area contributed by atoms with E-state index in [0.717, 1.165) is 11.3 Å². The number of nitrogens with zero attached hydrogens (tertiary/aromatic N) is 1. The standard InChI is InChI=1S/C14H21N3O3S/c1-4-10-11(18)16-14(5-2,6-3)12(19)17(10)7-9-8-21-13(20)15-9/h8,10H,4-7H2,1-3H3,(H,15,20)(H,16,18). The van der Waals surface area contributed by atoms with Crippen molar-refractivity contribution in [3.63, 3.8) is 0 Å². The molecule has 6 nitrogen and oxygen atoms in total. The molecule has 0 radical (unpaired) electrons. The molecule has 0 saturated carbocycles. The molecule has 2 amide bonds. The first-order valence-electron chi connectivity index (χ1n) is 7.27. The van der Waals surface area contributed by atoms with Crippen molar-refractivity contribution in [1.29, 1.82) is 0 Å². The van der Waals surface area contributed by atoms with Gasteiger partial charge < -0.3 is 15.2 Å². The lowest BCUT2D eigenvalue weighted by molar-refractivity contribution is -0.156. The number of hydrogen-bond acceptors (Lipinski definition) is 4. The van der Waals surface area contributed by atoms with Gasteiger partial charge in [0.2, 0.25) is 11.8 Å². The first-order chi connectivity index (χ1) is 9.97. The van der Waals surface area contributed by atoms with Gasteiger partial charge in [0.05, 0.1) is 6.54 Å². The van der Waals surface area contributed by atoms with E-state index in [9.17, 15) is 14.4 Å². The molecule has 7 heteroatoms. The van der Waals surface area contributed by atoms with Gasteiger partial charge in [-0.25, -0.2) is 0 Å². The van der Waals surface area contributed by atoms with Crippen LogP contribution in [-0.4, -0.2) is 33.3 Å². The van der Waals surface area contributed by atoms with Crippen molar-refractivity contribution < 1.29 is 9.59 Å². The fourth-order valence-electron chi connectivity index (χ4n) is 2.82. The Kier molecular flexibility index (Phi) is 4.51. The number of carbonyl (C=O) groups excluding carboxylic acids is 2. The van der Waals surface area contributed by atoms with E-state index in [0.29, 0.717) is 25.0 Å². The molecule has 0 aliphatic carbocycles. The van der Waals surface area contributed by atoms with Crippen molar-refractivity contribution in [3.8, 4) is 0 Å². The summed E-state index contributed by atoms with van der Waals surface area (Å²) in [5, 5.41) is 4.60. The molecule has 2 heterocycles. The normalized spacial score (nSPS) is 21.5. The van der Waals surface area contributed by atoms with Crippen LogP contribution in [0.4, 0.5) is 0 Å². The zero-order valence-corrected chi connectivity index (χ0v) is 13.4. The Morgan fingerprint density at radius 3 is 2.38 bits per heavy atom. The smallest absolute Gasteiger partial charge is 0.304 e. The van der Waals surface area contributed by atoms with Crippen LogP contribution in [0, 0.1) is 0 Å². The van der Waals surface area contributed by atoms with E-state index < -0.39 is 11.6 Å². The third-order valence-corrected chi connectivity index (χ3v) is 4.94. The van der Waals surface area contributed by atoms with E-state index >= 15 is 0 Å². The molecule has 1 aromatic heterocycles. The highest BCUT2D eigenvalue weighted by atomic mass is 32.1. The molecule has 21 heavy (non-hydrogen) atoms. The van der Waals surface area contributed by atoms with Crippen molar-refractivity contribution in [2.45, 2.75) is 58.2 Å². The monoisotopic (exact) mass is 311 g/mol. The van der Waals surface area contributed by atoms with Crippen molar-refractivity contribution in [2.24, 2.45) is 0 Å². The summed E-state index contributed by atoms with van der Waals surface area (Å²) in [6.07, 6.45) is 1.66. The van der Waals surface area contributed by atoms with Crippen LogP contribution in [0.2, 0.25) is 0 Å². The Morgan fingerprint density at radius 2 is 1.90 bits per heavy atom. The molecule has 1 aliphatic heterocycles. The van der Waals surface area contributed by atoms with Crippen LogP contribution >= 0.6 is 11.3 Å². The second-order valence-electron chi connectivity index (χ2n) is 5.31. The minimum atomic E-state index is -0.820. The number of H-pyrrole nitrogens is 1. The van der Waals surface area contributed by atoms with Gasteiger partial charge in [-0.1, -0.05) is 32.1 Å². The molecule has 0 aromatic carbocycles. The van der Waals surface area contributed by atoms with Gasteiger partial charge in [0.1, 0.15) is 11.6 Å². The Bertz CT molecular complexity index is 588. The van der Waals surface area contributed by atoms with Gasteiger partial charge in [-0.05, 0) is 19.3 Å². The van der Waals surface area contributed by atoms with Crippen molar-refractivity contribution >= 4 is 23.2 Å². The van der Waals surface area contributed by atoms with Crippen molar-refractivity contribution in [1.82, 2.24) is 15.2 Å². The number of nitrogens with one attached hydrogen (secondary N) is 2. The minimum Gasteiger partial charge on any atom is -0.340 e. The predicted molar refractivity (Wildman–Crippen MR) is 81.0 cm³/mol. The first-order valence-corrected chi connectivity index (χ1v) is 8.15. The highest BCUT2D eigenvalue weighted by Crippen LogP contribution is 2.27. The van der Waals surface area contributed by atoms with Gasteiger partial charge in [-0.2, -0.15) is 0 Å². The number of carbonyl (C=O) groups is 2. The zero-order valence-electron chi connectivity index (χ0n) is 12.6. The third-order valence-electron chi connectivity index (χ3n) is 4.22. The summed E-state index contributed by atoms with van der Waals surface area (Å²) in [5.41, 5.74) is -0.147. The van der Waals surface area contributed by atoms with Crippen LogP contribution in [0.15, 0.2) is 10.2 Å². The lowest BCUT2D eigenvalue weighted by Gasteiger charge is -2.45. The summed E-state index contributed by atoms with van der Waals surface area (Å²) in [5.74, 6) is -0.177. The number of amides is 2.